The van der Waals surface area contributed by atoms with Gasteiger partial charge in [-0.05, 0) is 46.3 Å². The van der Waals surface area contributed by atoms with Crippen LogP contribution >= 0.6 is 15.9 Å². The van der Waals surface area contributed by atoms with Gasteiger partial charge in [0.2, 0.25) is 6.79 Å². The van der Waals surface area contributed by atoms with E-state index in [-0.39, 0.29) is 5.54 Å². The lowest BCUT2D eigenvalue weighted by Gasteiger charge is -2.29. The summed E-state index contributed by atoms with van der Waals surface area (Å²) >= 11 is 3.59. The molecule has 1 aromatic carbocycles. The Balaban J connectivity index is 2.21. The molecule has 1 saturated carbocycles. The molecule has 0 bridgehead atoms. The zero-order chi connectivity index (χ0) is 13.6. The van der Waals surface area contributed by atoms with E-state index in [4.69, 9.17) is 15.2 Å². The molecule has 1 fully saturated rings. The summed E-state index contributed by atoms with van der Waals surface area (Å²) in [6.07, 6.45) is 4.53. The highest BCUT2D eigenvalue weighted by Gasteiger charge is 2.37. The molecule has 1 aromatic rings. The van der Waals surface area contributed by atoms with Gasteiger partial charge in [-0.2, -0.15) is 0 Å². The van der Waals surface area contributed by atoms with Crippen LogP contribution in [0.15, 0.2) is 10.5 Å². The third-order valence-electron chi connectivity index (χ3n) is 4.25. The van der Waals surface area contributed by atoms with Gasteiger partial charge in [0.1, 0.15) is 0 Å². The number of rotatable bonds is 2. The van der Waals surface area contributed by atoms with Crippen LogP contribution in [-0.4, -0.2) is 6.79 Å². The van der Waals surface area contributed by atoms with Crippen molar-refractivity contribution in [1.29, 1.82) is 0 Å². The first kappa shape index (κ1) is 13.3. The van der Waals surface area contributed by atoms with Crippen LogP contribution in [0.25, 0.3) is 0 Å². The van der Waals surface area contributed by atoms with Gasteiger partial charge in [-0.15, -0.1) is 0 Å². The lowest BCUT2D eigenvalue weighted by Crippen LogP contribution is -2.34. The highest BCUT2D eigenvalue weighted by atomic mass is 79.9. The van der Waals surface area contributed by atoms with E-state index in [0.717, 1.165) is 28.8 Å². The quantitative estimate of drug-likeness (QED) is 0.892. The SMILES string of the molecule is CC(C)c1c(C2(N)CCCC2)cc(Br)c2c1OCO2. The fraction of sp³-hybridized carbons (Fsp3) is 0.600. The Hall–Kier alpha value is -0.740. The minimum absolute atomic E-state index is 0.205. The molecule has 0 aromatic heterocycles. The van der Waals surface area contributed by atoms with Gasteiger partial charge in [0.15, 0.2) is 11.5 Å². The lowest BCUT2D eigenvalue weighted by atomic mass is 9.82. The predicted molar refractivity (Wildman–Crippen MR) is 78.7 cm³/mol. The van der Waals surface area contributed by atoms with Crippen molar-refractivity contribution in [3.8, 4) is 11.5 Å². The van der Waals surface area contributed by atoms with E-state index in [1.807, 2.05) is 0 Å². The van der Waals surface area contributed by atoms with Gasteiger partial charge in [-0.3, -0.25) is 0 Å². The van der Waals surface area contributed by atoms with Crippen LogP contribution in [0, 0.1) is 0 Å². The smallest absolute Gasteiger partial charge is 0.231 e. The van der Waals surface area contributed by atoms with Gasteiger partial charge in [0.05, 0.1) is 4.47 Å². The Labute approximate surface area is 122 Å². The Kier molecular flexibility index (Phi) is 3.26. The van der Waals surface area contributed by atoms with E-state index >= 15 is 0 Å². The number of fused-ring (bicyclic) bond motifs is 1. The van der Waals surface area contributed by atoms with Crippen molar-refractivity contribution in [3.63, 3.8) is 0 Å². The van der Waals surface area contributed by atoms with Crippen molar-refractivity contribution in [3.05, 3.63) is 21.7 Å². The molecular weight excluding hydrogens is 306 g/mol. The van der Waals surface area contributed by atoms with Crippen molar-refractivity contribution >= 4 is 15.9 Å². The molecule has 1 aliphatic carbocycles. The molecule has 1 aliphatic heterocycles. The summed E-state index contributed by atoms with van der Waals surface area (Å²) in [6, 6.07) is 2.15. The Morgan fingerprint density at radius 3 is 2.47 bits per heavy atom. The van der Waals surface area contributed by atoms with E-state index in [2.05, 4.69) is 35.8 Å². The zero-order valence-electron chi connectivity index (χ0n) is 11.5. The molecule has 0 saturated heterocycles. The maximum Gasteiger partial charge on any atom is 0.231 e. The predicted octanol–water partition coefficient (Wildman–Crippen LogP) is 4.03. The summed E-state index contributed by atoms with van der Waals surface area (Å²) in [7, 11) is 0. The molecule has 0 atom stereocenters. The Bertz CT molecular complexity index is 507. The molecule has 0 radical (unpaired) electrons. The van der Waals surface area contributed by atoms with E-state index in [1.54, 1.807) is 0 Å². The van der Waals surface area contributed by atoms with Crippen LogP contribution in [0.2, 0.25) is 0 Å². The standard InChI is InChI=1S/C15H20BrNO2/c1-9(2)12-10(15(17)5-3-4-6-15)7-11(16)13-14(12)19-8-18-13/h7,9H,3-6,8,17H2,1-2H3. The minimum atomic E-state index is -0.205. The molecule has 0 unspecified atom stereocenters. The molecule has 19 heavy (non-hydrogen) atoms. The van der Waals surface area contributed by atoms with E-state index in [1.165, 1.54) is 24.0 Å². The van der Waals surface area contributed by atoms with Crippen molar-refractivity contribution in [2.24, 2.45) is 5.73 Å². The van der Waals surface area contributed by atoms with Crippen LogP contribution in [0.1, 0.15) is 56.6 Å². The van der Waals surface area contributed by atoms with Gasteiger partial charge in [-0.25, -0.2) is 0 Å². The fourth-order valence-corrected chi connectivity index (χ4v) is 3.83. The second kappa shape index (κ2) is 4.67. The molecule has 104 valence electrons. The highest BCUT2D eigenvalue weighted by Crippen LogP contribution is 2.50. The van der Waals surface area contributed by atoms with Gasteiger partial charge in [0.25, 0.3) is 0 Å². The first-order valence-electron chi connectivity index (χ1n) is 6.94. The Morgan fingerprint density at radius 2 is 1.84 bits per heavy atom. The first-order valence-corrected chi connectivity index (χ1v) is 7.73. The van der Waals surface area contributed by atoms with Crippen molar-refractivity contribution in [2.75, 3.05) is 6.79 Å². The highest BCUT2D eigenvalue weighted by molar-refractivity contribution is 9.10. The summed E-state index contributed by atoms with van der Waals surface area (Å²) in [4.78, 5) is 0. The van der Waals surface area contributed by atoms with E-state index in [9.17, 15) is 0 Å². The van der Waals surface area contributed by atoms with Crippen molar-refractivity contribution in [2.45, 2.75) is 51.0 Å². The van der Waals surface area contributed by atoms with Crippen LogP contribution < -0.4 is 15.2 Å². The van der Waals surface area contributed by atoms with E-state index in [0.29, 0.717) is 12.7 Å². The summed E-state index contributed by atoms with van der Waals surface area (Å²) in [6.45, 7) is 4.68. The van der Waals surface area contributed by atoms with Gasteiger partial charge < -0.3 is 15.2 Å². The average Bonchev–Trinajstić information content (AvgIpc) is 2.97. The summed E-state index contributed by atoms with van der Waals surface area (Å²) in [5, 5.41) is 0. The molecule has 2 aliphatic rings. The molecule has 2 N–H and O–H groups in total. The maximum atomic E-state index is 6.66. The average molecular weight is 326 g/mol. The second-order valence-corrected chi connectivity index (χ2v) is 6.76. The summed E-state index contributed by atoms with van der Waals surface area (Å²) < 4.78 is 12.2. The minimum Gasteiger partial charge on any atom is -0.453 e. The first-order chi connectivity index (χ1) is 9.03. The zero-order valence-corrected chi connectivity index (χ0v) is 13.0. The third kappa shape index (κ3) is 2.05. The van der Waals surface area contributed by atoms with Gasteiger partial charge in [0, 0.05) is 11.1 Å². The Morgan fingerprint density at radius 1 is 1.21 bits per heavy atom. The van der Waals surface area contributed by atoms with Crippen LogP contribution in [0.5, 0.6) is 11.5 Å². The second-order valence-electron chi connectivity index (χ2n) is 5.90. The van der Waals surface area contributed by atoms with Gasteiger partial charge >= 0.3 is 0 Å². The van der Waals surface area contributed by atoms with Crippen LogP contribution in [0.3, 0.4) is 0 Å². The molecule has 4 heteroatoms. The van der Waals surface area contributed by atoms with Crippen molar-refractivity contribution in [1.82, 2.24) is 0 Å². The fourth-order valence-electron chi connectivity index (χ4n) is 3.31. The monoisotopic (exact) mass is 325 g/mol. The molecule has 3 rings (SSSR count). The number of nitrogens with two attached hydrogens (primary N) is 1. The summed E-state index contributed by atoms with van der Waals surface area (Å²) in [5.74, 6) is 2.09. The van der Waals surface area contributed by atoms with Crippen molar-refractivity contribution < 1.29 is 9.47 Å². The molecule has 0 spiro atoms. The largest absolute Gasteiger partial charge is 0.453 e. The number of hydrogen-bond donors (Lipinski definition) is 1. The molecule has 1 heterocycles. The number of hydrogen-bond acceptors (Lipinski definition) is 3. The summed E-state index contributed by atoms with van der Waals surface area (Å²) in [5.41, 5.74) is 8.91. The lowest BCUT2D eigenvalue weighted by molar-refractivity contribution is 0.172. The topological polar surface area (TPSA) is 44.5 Å². The molecular formula is C15H20BrNO2. The van der Waals surface area contributed by atoms with E-state index < -0.39 is 0 Å². The van der Waals surface area contributed by atoms with Gasteiger partial charge in [-0.1, -0.05) is 26.7 Å². The maximum absolute atomic E-state index is 6.66. The normalized spacial score (nSPS) is 20.3. The van der Waals surface area contributed by atoms with Crippen LogP contribution in [0.4, 0.5) is 0 Å². The number of benzene rings is 1. The third-order valence-corrected chi connectivity index (χ3v) is 4.83. The van der Waals surface area contributed by atoms with Crippen LogP contribution in [-0.2, 0) is 5.54 Å². The number of ether oxygens (including phenoxy) is 2. The molecule has 0 amide bonds. The molecule has 3 nitrogen and oxygen atoms in total. The number of halogens is 1.